The first-order valence-electron chi connectivity index (χ1n) is 6.55. The van der Waals surface area contributed by atoms with E-state index in [2.05, 4.69) is 17.1 Å². The third-order valence-electron chi connectivity index (χ3n) is 3.55. The Labute approximate surface area is 108 Å². The third kappa shape index (κ3) is 2.65. The zero-order valence-electron chi connectivity index (χ0n) is 11.1. The van der Waals surface area contributed by atoms with Gasteiger partial charge in [-0.05, 0) is 12.5 Å². The molecule has 1 atom stereocenters. The van der Waals surface area contributed by atoms with E-state index in [0.29, 0.717) is 5.75 Å². The van der Waals surface area contributed by atoms with Crippen molar-refractivity contribution in [3.05, 3.63) is 29.6 Å². The number of hydrogen-bond acceptors (Lipinski definition) is 3. The van der Waals surface area contributed by atoms with Gasteiger partial charge in [-0.15, -0.1) is 0 Å². The molecule has 1 heterocycles. The number of nitrogens with zero attached hydrogens (tertiary/aromatic N) is 1. The summed E-state index contributed by atoms with van der Waals surface area (Å²) < 4.78 is 19.4. The van der Waals surface area contributed by atoms with E-state index < -0.39 is 0 Å². The van der Waals surface area contributed by atoms with Crippen molar-refractivity contribution in [3.8, 4) is 5.75 Å². The highest BCUT2D eigenvalue weighted by Gasteiger charge is 2.24. The molecule has 3 nitrogen and oxygen atoms in total. The van der Waals surface area contributed by atoms with Crippen LogP contribution in [-0.4, -0.2) is 38.2 Å². The van der Waals surface area contributed by atoms with E-state index in [9.17, 15) is 4.39 Å². The predicted octanol–water partition coefficient (Wildman–Crippen LogP) is 2.19. The lowest BCUT2D eigenvalue weighted by Gasteiger charge is -2.35. The Hall–Kier alpha value is -1.13. The highest BCUT2D eigenvalue weighted by Crippen LogP contribution is 2.30. The second kappa shape index (κ2) is 6.16. The molecule has 0 unspecified atom stereocenters. The summed E-state index contributed by atoms with van der Waals surface area (Å²) >= 11 is 0. The SMILES string of the molecule is CC[C@H](c1cccc(OC)c1F)N1CCNCC1. The van der Waals surface area contributed by atoms with Crippen LogP contribution in [0.5, 0.6) is 5.75 Å². The van der Waals surface area contributed by atoms with Crippen LogP contribution in [0, 0.1) is 5.82 Å². The van der Waals surface area contributed by atoms with Crippen LogP contribution in [0.15, 0.2) is 18.2 Å². The number of nitrogens with one attached hydrogen (secondary N) is 1. The Morgan fingerprint density at radius 2 is 2.11 bits per heavy atom. The largest absolute Gasteiger partial charge is 0.494 e. The van der Waals surface area contributed by atoms with Gasteiger partial charge in [0.05, 0.1) is 7.11 Å². The van der Waals surface area contributed by atoms with E-state index in [1.807, 2.05) is 12.1 Å². The van der Waals surface area contributed by atoms with Gasteiger partial charge in [-0.25, -0.2) is 4.39 Å². The second-order valence-electron chi connectivity index (χ2n) is 4.57. The molecule has 0 amide bonds. The van der Waals surface area contributed by atoms with Crippen LogP contribution in [0.4, 0.5) is 4.39 Å². The van der Waals surface area contributed by atoms with Crippen molar-refractivity contribution >= 4 is 0 Å². The van der Waals surface area contributed by atoms with Gasteiger partial charge < -0.3 is 10.1 Å². The zero-order valence-corrected chi connectivity index (χ0v) is 11.1. The van der Waals surface area contributed by atoms with E-state index in [0.717, 1.165) is 38.2 Å². The van der Waals surface area contributed by atoms with Crippen LogP contribution in [0.3, 0.4) is 0 Å². The van der Waals surface area contributed by atoms with Gasteiger partial charge in [0, 0.05) is 37.8 Å². The van der Waals surface area contributed by atoms with Gasteiger partial charge in [0.2, 0.25) is 0 Å². The number of rotatable bonds is 4. The molecule has 0 spiro atoms. The molecule has 100 valence electrons. The molecule has 1 aromatic carbocycles. The Morgan fingerprint density at radius 3 is 2.72 bits per heavy atom. The van der Waals surface area contributed by atoms with Crippen LogP contribution in [0.2, 0.25) is 0 Å². The maximum Gasteiger partial charge on any atom is 0.169 e. The molecule has 1 aliphatic rings. The van der Waals surface area contributed by atoms with Crippen LogP contribution in [0.1, 0.15) is 24.9 Å². The molecule has 0 bridgehead atoms. The Kier molecular flexibility index (Phi) is 4.55. The number of ether oxygens (including phenoxy) is 1. The van der Waals surface area contributed by atoms with Crippen molar-refractivity contribution in [2.75, 3.05) is 33.3 Å². The zero-order chi connectivity index (χ0) is 13.0. The van der Waals surface area contributed by atoms with Crippen molar-refractivity contribution in [2.45, 2.75) is 19.4 Å². The average Bonchev–Trinajstić information content (AvgIpc) is 2.43. The second-order valence-corrected chi connectivity index (χ2v) is 4.57. The molecule has 0 aliphatic carbocycles. The smallest absolute Gasteiger partial charge is 0.169 e. The topological polar surface area (TPSA) is 24.5 Å². The molecule has 1 aliphatic heterocycles. The lowest BCUT2D eigenvalue weighted by atomic mass is 10.0. The maximum absolute atomic E-state index is 14.3. The van der Waals surface area contributed by atoms with E-state index >= 15 is 0 Å². The van der Waals surface area contributed by atoms with E-state index in [1.54, 1.807) is 6.07 Å². The summed E-state index contributed by atoms with van der Waals surface area (Å²) in [4.78, 5) is 2.34. The molecule has 2 rings (SSSR count). The van der Waals surface area contributed by atoms with Crippen molar-refractivity contribution < 1.29 is 9.13 Å². The Morgan fingerprint density at radius 1 is 1.39 bits per heavy atom. The first-order chi connectivity index (χ1) is 8.77. The summed E-state index contributed by atoms with van der Waals surface area (Å²) in [5.74, 6) is 0.117. The van der Waals surface area contributed by atoms with Crippen LogP contribution in [0.25, 0.3) is 0 Å². The van der Waals surface area contributed by atoms with Gasteiger partial charge in [0.25, 0.3) is 0 Å². The van der Waals surface area contributed by atoms with Crippen molar-refractivity contribution in [3.63, 3.8) is 0 Å². The molecule has 1 saturated heterocycles. The molecular weight excluding hydrogens is 231 g/mol. The molecule has 1 fully saturated rings. The highest BCUT2D eigenvalue weighted by molar-refractivity contribution is 5.33. The van der Waals surface area contributed by atoms with Crippen LogP contribution >= 0.6 is 0 Å². The lowest BCUT2D eigenvalue weighted by molar-refractivity contribution is 0.165. The molecule has 0 radical (unpaired) electrons. The molecule has 0 saturated carbocycles. The van der Waals surface area contributed by atoms with Gasteiger partial charge in [-0.3, -0.25) is 4.90 Å². The number of hydrogen-bond donors (Lipinski definition) is 1. The number of piperazine rings is 1. The van der Waals surface area contributed by atoms with E-state index in [1.165, 1.54) is 7.11 Å². The minimum absolute atomic E-state index is 0.141. The van der Waals surface area contributed by atoms with Crippen molar-refractivity contribution in [1.82, 2.24) is 10.2 Å². The van der Waals surface area contributed by atoms with Crippen molar-refractivity contribution in [1.29, 1.82) is 0 Å². The fourth-order valence-corrected chi connectivity index (χ4v) is 2.61. The summed E-state index contributed by atoms with van der Waals surface area (Å²) in [7, 11) is 1.51. The van der Waals surface area contributed by atoms with Crippen molar-refractivity contribution in [2.24, 2.45) is 0 Å². The number of halogens is 1. The summed E-state index contributed by atoms with van der Waals surface area (Å²) in [6, 6.07) is 5.54. The first-order valence-corrected chi connectivity index (χ1v) is 6.55. The van der Waals surface area contributed by atoms with E-state index in [-0.39, 0.29) is 11.9 Å². The number of methoxy groups -OCH3 is 1. The molecule has 18 heavy (non-hydrogen) atoms. The molecule has 0 aromatic heterocycles. The third-order valence-corrected chi connectivity index (χ3v) is 3.55. The summed E-state index contributed by atoms with van der Waals surface area (Å²) in [6.07, 6.45) is 0.907. The Balaban J connectivity index is 2.26. The fourth-order valence-electron chi connectivity index (χ4n) is 2.61. The van der Waals surface area contributed by atoms with E-state index in [4.69, 9.17) is 4.74 Å². The standard InChI is InChI=1S/C14H21FN2O/c1-3-12(17-9-7-16-8-10-17)11-5-4-6-13(18-2)14(11)15/h4-6,12,16H,3,7-10H2,1-2H3/t12-/m1/s1. The summed E-state index contributed by atoms with van der Waals surface area (Å²) in [5.41, 5.74) is 0.749. The van der Waals surface area contributed by atoms with Gasteiger partial charge in [0.15, 0.2) is 11.6 Å². The predicted molar refractivity (Wildman–Crippen MR) is 70.4 cm³/mol. The molecular formula is C14H21FN2O. The van der Waals surface area contributed by atoms with Crippen LogP contribution in [-0.2, 0) is 0 Å². The fraction of sp³-hybridized carbons (Fsp3) is 0.571. The maximum atomic E-state index is 14.3. The van der Waals surface area contributed by atoms with Gasteiger partial charge in [-0.1, -0.05) is 19.1 Å². The van der Waals surface area contributed by atoms with Gasteiger partial charge in [0.1, 0.15) is 0 Å². The Bertz CT molecular complexity index is 391. The molecule has 1 aromatic rings. The minimum Gasteiger partial charge on any atom is -0.494 e. The monoisotopic (exact) mass is 252 g/mol. The van der Waals surface area contributed by atoms with Gasteiger partial charge in [-0.2, -0.15) is 0 Å². The summed E-state index contributed by atoms with van der Waals surface area (Å²) in [5, 5.41) is 3.32. The quantitative estimate of drug-likeness (QED) is 0.889. The van der Waals surface area contributed by atoms with Crippen LogP contribution < -0.4 is 10.1 Å². The first kappa shape index (κ1) is 13.3. The lowest BCUT2D eigenvalue weighted by Crippen LogP contribution is -2.45. The molecule has 4 heteroatoms. The minimum atomic E-state index is -0.217. The van der Waals surface area contributed by atoms with Gasteiger partial charge >= 0.3 is 0 Å². The highest BCUT2D eigenvalue weighted by atomic mass is 19.1. The molecule has 1 N–H and O–H groups in total. The average molecular weight is 252 g/mol. The normalized spacial score (nSPS) is 18.6. The summed E-state index contributed by atoms with van der Waals surface area (Å²) in [6.45, 7) is 5.99. The number of benzene rings is 1.